The topological polar surface area (TPSA) is 49.3 Å². The molecule has 0 aliphatic rings. The number of carboxylic acid groups (broad SMARTS) is 1. The first-order chi connectivity index (χ1) is 7.56. The van der Waals surface area contributed by atoms with E-state index in [0.29, 0.717) is 6.54 Å². The van der Waals surface area contributed by atoms with Crippen LogP contribution in [0.15, 0.2) is 18.2 Å². The highest BCUT2D eigenvalue weighted by molar-refractivity contribution is 5.68. The van der Waals surface area contributed by atoms with Gasteiger partial charge in [0.2, 0.25) is 0 Å². The van der Waals surface area contributed by atoms with Gasteiger partial charge < -0.3 is 10.4 Å². The van der Waals surface area contributed by atoms with Gasteiger partial charge >= 0.3 is 5.97 Å². The highest BCUT2D eigenvalue weighted by Gasteiger charge is 2.21. The molecular weight excluding hydrogens is 216 g/mol. The average Bonchev–Trinajstić information content (AvgIpc) is 2.16. The number of carboxylic acids is 1. The van der Waals surface area contributed by atoms with Crippen LogP contribution < -0.4 is 5.32 Å². The van der Waals surface area contributed by atoms with Crippen molar-refractivity contribution in [2.45, 2.75) is 19.4 Å². The predicted molar refractivity (Wildman–Crippen MR) is 55.0 cm³/mol. The zero-order valence-corrected chi connectivity index (χ0v) is 8.84. The molecule has 0 aromatic heterocycles. The molecule has 0 saturated carbocycles. The fourth-order valence-corrected chi connectivity index (χ4v) is 1.54. The Morgan fingerprint density at radius 3 is 2.44 bits per heavy atom. The van der Waals surface area contributed by atoms with Gasteiger partial charge in [-0.25, -0.2) is 8.78 Å². The van der Waals surface area contributed by atoms with Crippen molar-refractivity contribution in [1.82, 2.24) is 5.32 Å². The first kappa shape index (κ1) is 12.6. The smallest absolute Gasteiger partial charge is 0.305 e. The van der Waals surface area contributed by atoms with Crippen LogP contribution in [0.4, 0.5) is 8.78 Å². The van der Waals surface area contributed by atoms with E-state index in [-0.39, 0.29) is 12.0 Å². The van der Waals surface area contributed by atoms with Crippen molar-refractivity contribution in [3.63, 3.8) is 0 Å². The van der Waals surface area contributed by atoms with Gasteiger partial charge in [-0.3, -0.25) is 4.79 Å². The third-order valence-electron chi connectivity index (χ3n) is 2.18. The van der Waals surface area contributed by atoms with Crippen molar-refractivity contribution < 1.29 is 18.7 Å². The third-order valence-corrected chi connectivity index (χ3v) is 2.18. The Kier molecular flexibility index (Phi) is 4.37. The van der Waals surface area contributed by atoms with E-state index < -0.39 is 23.6 Å². The first-order valence-electron chi connectivity index (χ1n) is 4.95. The fraction of sp³-hybridized carbons (Fsp3) is 0.364. The van der Waals surface area contributed by atoms with E-state index in [4.69, 9.17) is 5.11 Å². The van der Waals surface area contributed by atoms with Crippen LogP contribution in [0.5, 0.6) is 0 Å². The first-order valence-corrected chi connectivity index (χ1v) is 4.95. The summed E-state index contributed by atoms with van der Waals surface area (Å²) < 4.78 is 26.8. The van der Waals surface area contributed by atoms with Crippen molar-refractivity contribution in [3.8, 4) is 0 Å². The van der Waals surface area contributed by atoms with Crippen molar-refractivity contribution in [2.75, 3.05) is 6.54 Å². The number of halogens is 2. The van der Waals surface area contributed by atoms with Gasteiger partial charge in [0.15, 0.2) is 0 Å². The van der Waals surface area contributed by atoms with Gasteiger partial charge in [0.05, 0.1) is 6.42 Å². The summed E-state index contributed by atoms with van der Waals surface area (Å²) in [5, 5.41) is 11.4. The second kappa shape index (κ2) is 5.55. The number of nitrogens with one attached hydrogen (secondary N) is 1. The lowest BCUT2D eigenvalue weighted by Gasteiger charge is -2.17. The Balaban J connectivity index is 3.04. The molecule has 0 spiro atoms. The predicted octanol–water partition coefficient (Wildman–Crippen LogP) is 2.09. The van der Waals surface area contributed by atoms with E-state index in [9.17, 15) is 13.6 Å². The quantitative estimate of drug-likeness (QED) is 0.812. The average molecular weight is 229 g/mol. The number of aliphatic carboxylic acids is 1. The van der Waals surface area contributed by atoms with Crippen molar-refractivity contribution in [1.29, 1.82) is 0 Å². The molecule has 0 fully saturated rings. The molecule has 1 unspecified atom stereocenters. The van der Waals surface area contributed by atoms with Crippen molar-refractivity contribution in [2.24, 2.45) is 0 Å². The Morgan fingerprint density at radius 2 is 2.00 bits per heavy atom. The number of rotatable bonds is 5. The van der Waals surface area contributed by atoms with Crippen molar-refractivity contribution >= 4 is 5.97 Å². The highest BCUT2D eigenvalue weighted by atomic mass is 19.1. The zero-order valence-electron chi connectivity index (χ0n) is 8.84. The second-order valence-corrected chi connectivity index (χ2v) is 3.34. The lowest BCUT2D eigenvalue weighted by atomic mass is 10.0. The van der Waals surface area contributed by atoms with E-state index >= 15 is 0 Å². The maximum absolute atomic E-state index is 13.4. The van der Waals surface area contributed by atoms with Crippen LogP contribution in [0, 0.1) is 11.6 Å². The van der Waals surface area contributed by atoms with E-state index in [0.717, 1.165) is 12.1 Å². The normalized spacial score (nSPS) is 12.4. The van der Waals surface area contributed by atoms with Gasteiger partial charge in [0.25, 0.3) is 0 Å². The summed E-state index contributed by atoms with van der Waals surface area (Å²) >= 11 is 0. The van der Waals surface area contributed by atoms with Crippen LogP contribution >= 0.6 is 0 Å². The number of benzene rings is 1. The van der Waals surface area contributed by atoms with Crippen LogP contribution in [0.2, 0.25) is 0 Å². The molecule has 5 heteroatoms. The molecule has 16 heavy (non-hydrogen) atoms. The standard InChI is InChI=1S/C11H13F2NO2/c1-2-14-9(6-10(15)16)11-7(12)4-3-5-8(11)13/h3-5,9,14H,2,6H2,1H3,(H,15,16). The van der Waals surface area contributed by atoms with Crippen molar-refractivity contribution in [3.05, 3.63) is 35.4 Å². The minimum absolute atomic E-state index is 0.216. The summed E-state index contributed by atoms with van der Waals surface area (Å²) in [5.74, 6) is -2.56. The van der Waals surface area contributed by atoms with E-state index in [2.05, 4.69) is 5.32 Å². The Hall–Kier alpha value is -1.49. The van der Waals surface area contributed by atoms with E-state index in [1.165, 1.54) is 6.07 Å². The van der Waals surface area contributed by atoms with Gasteiger partial charge in [-0.05, 0) is 18.7 Å². The lowest BCUT2D eigenvalue weighted by Crippen LogP contribution is -2.25. The molecule has 1 aromatic carbocycles. The summed E-state index contributed by atoms with van der Waals surface area (Å²) in [7, 11) is 0. The Morgan fingerprint density at radius 1 is 1.44 bits per heavy atom. The van der Waals surface area contributed by atoms with Gasteiger partial charge in [-0.2, -0.15) is 0 Å². The molecular formula is C11H13F2NO2. The van der Waals surface area contributed by atoms with Gasteiger partial charge in [-0.15, -0.1) is 0 Å². The molecule has 0 aliphatic carbocycles. The molecule has 0 radical (unpaired) electrons. The van der Waals surface area contributed by atoms with Crippen LogP contribution in [0.1, 0.15) is 24.9 Å². The minimum Gasteiger partial charge on any atom is -0.481 e. The number of hydrogen-bond donors (Lipinski definition) is 2. The molecule has 1 rings (SSSR count). The number of carbonyl (C=O) groups is 1. The second-order valence-electron chi connectivity index (χ2n) is 3.34. The summed E-state index contributed by atoms with van der Waals surface area (Å²) in [4.78, 5) is 10.6. The summed E-state index contributed by atoms with van der Waals surface area (Å²) in [6.07, 6.45) is -0.355. The zero-order chi connectivity index (χ0) is 12.1. The lowest BCUT2D eigenvalue weighted by molar-refractivity contribution is -0.137. The largest absolute Gasteiger partial charge is 0.481 e. The van der Waals surface area contributed by atoms with Crippen LogP contribution in [0.3, 0.4) is 0 Å². The monoisotopic (exact) mass is 229 g/mol. The van der Waals surface area contributed by atoms with Gasteiger partial charge in [0, 0.05) is 11.6 Å². The maximum atomic E-state index is 13.4. The van der Waals surface area contributed by atoms with Crippen LogP contribution in [0.25, 0.3) is 0 Å². The fourth-order valence-electron chi connectivity index (χ4n) is 1.54. The molecule has 0 heterocycles. The molecule has 0 aliphatic heterocycles. The number of hydrogen-bond acceptors (Lipinski definition) is 2. The van der Waals surface area contributed by atoms with Gasteiger partial charge in [0.1, 0.15) is 11.6 Å². The summed E-state index contributed by atoms with van der Waals surface area (Å²) in [6, 6.07) is 2.64. The van der Waals surface area contributed by atoms with E-state index in [1.54, 1.807) is 6.92 Å². The molecule has 88 valence electrons. The SMILES string of the molecule is CCNC(CC(=O)O)c1c(F)cccc1F. The maximum Gasteiger partial charge on any atom is 0.305 e. The third kappa shape index (κ3) is 3.00. The Labute approximate surface area is 92.1 Å². The minimum atomic E-state index is -1.10. The van der Waals surface area contributed by atoms with Crippen LogP contribution in [-0.4, -0.2) is 17.6 Å². The molecule has 2 N–H and O–H groups in total. The Bertz CT molecular complexity index is 362. The molecule has 0 amide bonds. The van der Waals surface area contributed by atoms with Gasteiger partial charge in [-0.1, -0.05) is 13.0 Å². The summed E-state index contributed by atoms with van der Waals surface area (Å²) in [6.45, 7) is 2.18. The highest BCUT2D eigenvalue weighted by Crippen LogP contribution is 2.23. The molecule has 0 saturated heterocycles. The molecule has 0 bridgehead atoms. The summed E-state index contributed by atoms with van der Waals surface area (Å²) in [5.41, 5.74) is -0.216. The molecule has 1 atom stereocenters. The molecule has 1 aromatic rings. The van der Waals surface area contributed by atoms with Crippen LogP contribution in [-0.2, 0) is 4.79 Å². The molecule has 3 nitrogen and oxygen atoms in total. The van der Waals surface area contributed by atoms with E-state index in [1.807, 2.05) is 0 Å².